The molecule has 3 heterocycles. The summed E-state index contributed by atoms with van der Waals surface area (Å²) in [6.45, 7) is 5.93. The van der Waals surface area contributed by atoms with E-state index < -0.39 is 0 Å². The van der Waals surface area contributed by atoms with Crippen molar-refractivity contribution in [2.75, 3.05) is 4.90 Å². The molecule has 1 N–H and O–H groups in total. The van der Waals surface area contributed by atoms with E-state index in [1.807, 2.05) is 48.5 Å². The van der Waals surface area contributed by atoms with Crippen LogP contribution in [0.5, 0.6) is 0 Å². The number of anilines is 1. The van der Waals surface area contributed by atoms with Crippen molar-refractivity contribution in [3.05, 3.63) is 112 Å². The average molecular weight is 491 g/mol. The largest absolute Gasteiger partial charge is 0.351 e. The summed E-state index contributed by atoms with van der Waals surface area (Å²) in [5, 5.41) is 4.74. The second kappa shape index (κ2) is 8.85. The first-order chi connectivity index (χ1) is 16.4. The molecule has 0 aliphatic carbocycles. The van der Waals surface area contributed by atoms with Gasteiger partial charge in [-0.25, -0.2) is 4.39 Å². The molecular formula is C27H24ClFN4S. The van der Waals surface area contributed by atoms with Gasteiger partial charge in [0.05, 0.1) is 28.5 Å². The third-order valence-corrected chi connectivity index (χ3v) is 7.03. The van der Waals surface area contributed by atoms with Gasteiger partial charge in [-0.3, -0.25) is 4.98 Å². The minimum absolute atomic E-state index is 0.181. The molecule has 0 unspecified atom stereocenters. The minimum atomic E-state index is -0.239. The number of benzene rings is 2. The van der Waals surface area contributed by atoms with E-state index in [1.165, 1.54) is 6.07 Å². The van der Waals surface area contributed by atoms with Gasteiger partial charge < -0.3 is 14.8 Å². The number of pyridine rings is 1. The van der Waals surface area contributed by atoms with E-state index in [0.29, 0.717) is 15.7 Å². The molecule has 4 nitrogen and oxygen atoms in total. The summed E-state index contributed by atoms with van der Waals surface area (Å²) in [6.07, 6.45) is 1.79. The summed E-state index contributed by atoms with van der Waals surface area (Å²) in [7, 11) is 0. The lowest BCUT2D eigenvalue weighted by atomic mass is 9.96. The van der Waals surface area contributed by atoms with E-state index >= 15 is 0 Å². The van der Waals surface area contributed by atoms with Gasteiger partial charge >= 0.3 is 0 Å². The number of rotatable bonds is 4. The maximum atomic E-state index is 14.1. The molecular weight excluding hydrogens is 467 g/mol. The van der Waals surface area contributed by atoms with Gasteiger partial charge in [0.25, 0.3) is 0 Å². The molecule has 1 aliphatic heterocycles. The normalized spacial score (nSPS) is 17.8. The van der Waals surface area contributed by atoms with E-state index in [4.69, 9.17) is 23.8 Å². The van der Waals surface area contributed by atoms with Gasteiger partial charge in [0.2, 0.25) is 0 Å². The van der Waals surface area contributed by atoms with E-state index in [2.05, 4.69) is 39.7 Å². The first-order valence-corrected chi connectivity index (χ1v) is 11.9. The predicted octanol–water partition coefficient (Wildman–Crippen LogP) is 6.77. The highest BCUT2D eigenvalue weighted by atomic mass is 35.5. The van der Waals surface area contributed by atoms with Crippen LogP contribution in [-0.2, 0) is 0 Å². The molecule has 34 heavy (non-hydrogen) atoms. The Morgan fingerprint density at radius 3 is 2.47 bits per heavy atom. The Morgan fingerprint density at radius 2 is 1.76 bits per heavy atom. The van der Waals surface area contributed by atoms with Crippen LogP contribution in [0.1, 0.15) is 40.3 Å². The molecule has 0 radical (unpaired) electrons. The maximum Gasteiger partial charge on any atom is 0.174 e. The zero-order chi connectivity index (χ0) is 24.0. The Morgan fingerprint density at radius 1 is 1.00 bits per heavy atom. The van der Waals surface area contributed by atoms with Crippen LogP contribution in [-0.4, -0.2) is 14.7 Å². The Balaban J connectivity index is 1.70. The van der Waals surface area contributed by atoms with Gasteiger partial charge in [-0.1, -0.05) is 29.8 Å². The lowest BCUT2D eigenvalue weighted by Crippen LogP contribution is -2.29. The van der Waals surface area contributed by atoms with E-state index in [-0.39, 0.29) is 17.9 Å². The molecule has 2 aromatic heterocycles. The van der Waals surface area contributed by atoms with Crippen LogP contribution in [0.3, 0.4) is 0 Å². The van der Waals surface area contributed by atoms with Crippen LogP contribution in [0, 0.1) is 26.6 Å². The number of thiocarbonyl (C=S) groups is 1. The quantitative estimate of drug-likeness (QED) is 0.320. The van der Waals surface area contributed by atoms with Crippen LogP contribution >= 0.6 is 23.8 Å². The van der Waals surface area contributed by atoms with Crippen molar-refractivity contribution in [3.8, 4) is 5.69 Å². The fourth-order valence-corrected chi connectivity index (χ4v) is 5.38. The number of para-hydroxylation sites is 1. The molecule has 0 amide bonds. The maximum absolute atomic E-state index is 14.1. The molecule has 4 aromatic rings. The smallest absolute Gasteiger partial charge is 0.174 e. The molecule has 1 saturated heterocycles. The van der Waals surface area contributed by atoms with Gasteiger partial charge in [-0.05, 0) is 92.6 Å². The van der Waals surface area contributed by atoms with Gasteiger partial charge in [0.1, 0.15) is 5.82 Å². The molecule has 2 atom stereocenters. The fourth-order valence-electron chi connectivity index (χ4n) is 4.82. The monoisotopic (exact) mass is 490 g/mol. The van der Waals surface area contributed by atoms with E-state index in [0.717, 1.165) is 34.0 Å². The number of hydrogen-bond donors (Lipinski definition) is 1. The summed E-state index contributed by atoms with van der Waals surface area (Å²) in [6, 6.07) is 20.6. The second-order valence-corrected chi connectivity index (χ2v) is 9.34. The van der Waals surface area contributed by atoms with Gasteiger partial charge in [0, 0.05) is 23.3 Å². The molecule has 7 heteroatoms. The average Bonchev–Trinajstić information content (AvgIpc) is 3.32. The van der Waals surface area contributed by atoms with Crippen LogP contribution < -0.4 is 10.2 Å². The molecule has 0 spiro atoms. The number of aryl methyl sites for hydroxylation is 2. The van der Waals surface area contributed by atoms with Crippen molar-refractivity contribution >= 4 is 34.6 Å². The van der Waals surface area contributed by atoms with E-state index in [9.17, 15) is 4.39 Å². The number of nitrogens with one attached hydrogen (secondary N) is 1. The molecule has 1 aliphatic rings. The Kier molecular flexibility index (Phi) is 5.88. The van der Waals surface area contributed by atoms with E-state index in [1.54, 1.807) is 19.2 Å². The standard InChI is InChI=1S/C27H24ClFN4S/c1-16-14-19(11-12-22(16)29)33-26(25(31-27(33)34)23-9-6-7-13-30-23)20-15-17(2)32(18(20)3)24-10-5-4-8-21(24)28/h4-15,25-26H,1-3H3,(H,31,34)/t25-,26+/m1/s1. The van der Waals surface area contributed by atoms with Crippen molar-refractivity contribution in [3.63, 3.8) is 0 Å². The first-order valence-electron chi connectivity index (χ1n) is 11.1. The van der Waals surface area contributed by atoms with Crippen molar-refractivity contribution in [1.82, 2.24) is 14.9 Å². The first kappa shape index (κ1) is 22.6. The Bertz CT molecular complexity index is 1380. The topological polar surface area (TPSA) is 33.1 Å². The van der Waals surface area contributed by atoms with Crippen LogP contribution in [0.25, 0.3) is 5.69 Å². The lowest BCUT2D eigenvalue weighted by Gasteiger charge is -2.28. The molecule has 5 rings (SSSR count). The van der Waals surface area contributed by atoms with Gasteiger partial charge in [-0.2, -0.15) is 0 Å². The second-order valence-electron chi connectivity index (χ2n) is 8.54. The summed E-state index contributed by atoms with van der Waals surface area (Å²) < 4.78 is 16.3. The van der Waals surface area contributed by atoms with Crippen LogP contribution in [0.2, 0.25) is 5.02 Å². The van der Waals surface area contributed by atoms with Crippen molar-refractivity contribution in [2.45, 2.75) is 32.9 Å². The van der Waals surface area contributed by atoms with Crippen LogP contribution in [0.15, 0.2) is 72.9 Å². The van der Waals surface area contributed by atoms with Gasteiger partial charge in [0.15, 0.2) is 5.11 Å². The third-order valence-electron chi connectivity index (χ3n) is 6.40. The van der Waals surface area contributed by atoms with Crippen LogP contribution in [0.4, 0.5) is 10.1 Å². The predicted molar refractivity (Wildman–Crippen MR) is 139 cm³/mol. The van der Waals surface area contributed by atoms with Gasteiger partial charge in [-0.15, -0.1) is 0 Å². The Labute approximate surface area is 209 Å². The highest BCUT2D eigenvalue weighted by molar-refractivity contribution is 7.80. The fraction of sp³-hybridized carbons (Fsp3) is 0.185. The van der Waals surface area contributed by atoms with Crippen molar-refractivity contribution < 1.29 is 4.39 Å². The molecule has 2 aromatic carbocycles. The SMILES string of the molecule is Cc1cc(N2C(=S)N[C@H](c3ccccn3)[C@@H]2c2cc(C)n(-c3ccccc3Cl)c2C)ccc1F. The zero-order valence-electron chi connectivity index (χ0n) is 19.1. The summed E-state index contributed by atoms with van der Waals surface area (Å²) in [5.74, 6) is -0.239. The van der Waals surface area contributed by atoms with Crippen molar-refractivity contribution in [2.24, 2.45) is 0 Å². The highest BCUT2D eigenvalue weighted by Gasteiger charge is 2.42. The number of aromatic nitrogens is 2. The molecule has 172 valence electrons. The summed E-state index contributed by atoms with van der Waals surface area (Å²) in [4.78, 5) is 6.69. The zero-order valence-corrected chi connectivity index (χ0v) is 20.7. The molecule has 0 saturated carbocycles. The summed E-state index contributed by atoms with van der Waals surface area (Å²) >= 11 is 12.4. The molecule has 0 bridgehead atoms. The number of nitrogens with zero attached hydrogens (tertiary/aromatic N) is 3. The highest BCUT2D eigenvalue weighted by Crippen LogP contribution is 2.44. The van der Waals surface area contributed by atoms with Crippen molar-refractivity contribution in [1.29, 1.82) is 0 Å². The number of halogens is 2. The number of hydrogen-bond acceptors (Lipinski definition) is 2. The molecule has 1 fully saturated rings. The Hall–Kier alpha value is -3.22. The summed E-state index contributed by atoms with van der Waals surface area (Å²) in [5.41, 5.74) is 6.45. The third kappa shape index (κ3) is 3.77. The lowest BCUT2D eigenvalue weighted by molar-refractivity contribution is 0.564. The minimum Gasteiger partial charge on any atom is -0.351 e.